The van der Waals surface area contributed by atoms with Gasteiger partial charge in [-0.15, -0.1) is 0 Å². The summed E-state index contributed by atoms with van der Waals surface area (Å²) < 4.78 is 0. The minimum absolute atomic E-state index is 1.03. The SMILES string of the molecule is CC[CH]CC1CCCC(CCCC)C1. The van der Waals surface area contributed by atoms with Crippen LogP contribution in [0.1, 0.15) is 71.6 Å². The predicted octanol–water partition coefficient (Wildman–Crippen LogP) is 4.99. The van der Waals surface area contributed by atoms with E-state index in [-0.39, 0.29) is 0 Å². The average molecular weight is 195 g/mol. The first-order chi connectivity index (χ1) is 6.86. The van der Waals surface area contributed by atoms with Crippen molar-refractivity contribution < 1.29 is 0 Å². The van der Waals surface area contributed by atoms with Crippen molar-refractivity contribution in [2.24, 2.45) is 11.8 Å². The standard InChI is InChI=1S/C14H27/c1-3-5-8-13-10-7-11-14(12-13)9-6-4-2/h5,13-14H,3-4,6-12H2,1-2H3. The minimum atomic E-state index is 1.03. The molecule has 0 heteroatoms. The molecule has 83 valence electrons. The topological polar surface area (TPSA) is 0 Å². The van der Waals surface area contributed by atoms with Gasteiger partial charge in [0.25, 0.3) is 0 Å². The van der Waals surface area contributed by atoms with E-state index in [1.54, 1.807) is 0 Å². The normalized spacial score (nSPS) is 27.9. The Morgan fingerprint density at radius 3 is 2.64 bits per heavy atom. The van der Waals surface area contributed by atoms with Crippen LogP contribution in [0.15, 0.2) is 0 Å². The second-order valence-electron chi connectivity index (χ2n) is 4.97. The van der Waals surface area contributed by atoms with Gasteiger partial charge in [0.05, 0.1) is 0 Å². The van der Waals surface area contributed by atoms with Gasteiger partial charge in [-0.3, -0.25) is 0 Å². The summed E-state index contributed by atoms with van der Waals surface area (Å²) in [5.74, 6) is 2.10. The van der Waals surface area contributed by atoms with Crippen molar-refractivity contribution in [1.82, 2.24) is 0 Å². The van der Waals surface area contributed by atoms with Crippen molar-refractivity contribution >= 4 is 0 Å². The summed E-state index contributed by atoms with van der Waals surface area (Å²) in [5.41, 5.74) is 0. The van der Waals surface area contributed by atoms with Gasteiger partial charge in [-0.1, -0.05) is 58.8 Å². The van der Waals surface area contributed by atoms with Crippen molar-refractivity contribution in [3.8, 4) is 0 Å². The zero-order valence-electron chi connectivity index (χ0n) is 10.1. The van der Waals surface area contributed by atoms with E-state index in [1.165, 1.54) is 57.8 Å². The molecule has 1 radical (unpaired) electrons. The fraction of sp³-hybridized carbons (Fsp3) is 0.929. The Bertz CT molecular complexity index is 114. The molecule has 1 aliphatic rings. The van der Waals surface area contributed by atoms with Crippen LogP contribution in [0.2, 0.25) is 0 Å². The van der Waals surface area contributed by atoms with E-state index in [0.717, 1.165) is 11.8 Å². The average Bonchev–Trinajstić information content (AvgIpc) is 2.24. The minimum Gasteiger partial charge on any atom is -0.0654 e. The highest BCUT2D eigenvalue weighted by Gasteiger charge is 2.20. The van der Waals surface area contributed by atoms with Crippen molar-refractivity contribution in [3.63, 3.8) is 0 Å². The molecule has 0 spiro atoms. The molecule has 0 aromatic rings. The highest BCUT2D eigenvalue weighted by atomic mass is 14.3. The van der Waals surface area contributed by atoms with Gasteiger partial charge in [0.15, 0.2) is 0 Å². The molecule has 2 atom stereocenters. The van der Waals surface area contributed by atoms with E-state index < -0.39 is 0 Å². The largest absolute Gasteiger partial charge is 0.0654 e. The molecule has 14 heavy (non-hydrogen) atoms. The van der Waals surface area contributed by atoms with Gasteiger partial charge in [-0.25, -0.2) is 0 Å². The van der Waals surface area contributed by atoms with E-state index in [0.29, 0.717) is 0 Å². The number of rotatable bonds is 6. The van der Waals surface area contributed by atoms with Crippen molar-refractivity contribution in [2.45, 2.75) is 71.6 Å². The summed E-state index contributed by atoms with van der Waals surface area (Å²) in [6, 6.07) is 0. The Morgan fingerprint density at radius 1 is 1.14 bits per heavy atom. The monoisotopic (exact) mass is 195 g/mol. The molecular formula is C14H27. The molecule has 0 bridgehead atoms. The molecule has 0 aromatic heterocycles. The molecule has 0 nitrogen and oxygen atoms in total. The zero-order chi connectivity index (χ0) is 10.2. The Morgan fingerprint density at radius 2 is 1.93 bits per heavy atom. The third kappa shape index (κ3) is 4.48. The highest BCUT2D eigenvalue weighted by Crippen LogP contribution is 2.34. The predicted molar refractivity (Wildman–Crippen MR) is 64.2 cm³/mol. The maximum absolute atomic E-state index is 2.48. The van der Waals surface area contributed by atoms with Gasteiger partial charge < -0.3 is 0 Å². The molecular weight excluding hydrogens is 168 g/mol. The smallest absolute Gasteiger partial charge is 0.0386 e. The first kappa shape index (κ1) is 12.1. The summed E-state index contributed by atoms with van der Waals surface area (Å²) in [7, 11) is 0. The molecule has 0 N–H and O–H groups in total. The van der Waals surface area contributed by atoms with Gasteiger partial charge in [0.1, 0.15) is 0 Å². The number of hydrogen-bond donors (Lipinski definition) is 0. The van der Waals surface area contributed by atoms with Crippen LogP contribution < -0.4 is 0 Å². The van der Waals surface area contributed by atoms with Gasteiger partial charge in [-0.2, -0.15) is 0 Å². The second kappa shape index (κ2) is 7.31. The number of unbranched alkanes of at least 4 members (excludes halogenated alkanes) is 2. The lowest BCUT2D eigenvalue weighted by Crippen LogP contribution is -2.15. The molecule has 0 aromatic carbocycles. The molecule has 1 rings (SSSR count). The number of hydrogen-bond acceptors (Lipinski definition) is 0. The quantitative estimate of drug-likeness (QED) is 0.560. The van der Waals surface area contributed by atoms with E-state index in [2.05, 4.69) is 20.3 Å². The summed E-state index contributed by atoms with van der Waals surface area (Å²) in [6.07, 6.45) is 15.5. The van der Waals surface area contributed by atoms with E-state index in [4.69, 9.17) is 0 Å². The molecule has 2 unspecified atom stereocenters. The van der Waals surface area contributed by atoms with E-state index >= 15 is 0 Å². The van der Waals surface area contributed by atoms with Crippen LogP contribution in [0.3, 0.4) is 0 Å². The third-order valence-corrected chi connectivity index (χ3v) is 3.65. The zero-order valence-corrected chi connectivity index (χ0v) is 10.1. The van der Waals surface area contributed by atoms with Gasteiger partial charge in [0, 0.05) is 0 Å². The fourth-order valence-electron chi connectivity index (χ4n) is 2.77. The van der Waals surface area contributed by atoms with Crippen LogP contribution in [-0.2, 0) is 0 Å². The molecule has 1 fully saturated rings. The Hall–Kier alpha value is 0. The van der Waals surface area contributed by atoms with Gasteiger partial charge in [-0.05, 0) is 31.1 Å². The Labute approximate surface area is 90.5 Å². The molecule has 0 aliphatic heterocycles. The van der Waals surface area contributed by atoms with Gasteiger partial charge in [0.2, 0.25) is 0 Å². The second-order valence-corrected chi connectivity index (χ2v) is 4.97. The Kier molecular flexibility index (Phi) is 6.31. The lowest BCUT2D eigenvalue weighted by atomic mass is 9.77. The summed E-state index contributed by atoms with van der Waals surface area (Å²) in [5, 5.41) is 0. The molecule has 1 aliphatic carbocycles. The van der Waals surface area contributed by atoms with Crippen LogP contribution in [0.25, 0.3) is 0 Å². The van der Waals surface area contributed by atoms with Crippen LogP contribution in [0, 0.1) is 18.3 Å². The lowest BCUT2D eigenvalue weighted by Gasteiger charge is -2.29. The maximum Gasteiger partial charge on any atom is -0.0386 e. The summed E-state index contributed by atoms with van der Waals surface area (Å²) in [4.78, 5) is 0. The highest BCUT2D eigenvalue weighted by molar-refractivity contribution is 4.77. The molecule has 1 saturated carbocycles. The van der Waals surface area contributed by atoms with Crippen molar-refractivity contribution in [3.05, 3.63) is 6.42 Å². The molecule has 0 saturated heterocycles. The molecule has 0 amide bonds. The lowest BCUT2D eigenvalue weighted by molar-refractivity contribution is 0.248. The first-order valence-electron chi connectivity index (χ1n) is 6.68. The van der Waals surface area contributed by atoms with Crippen molar-refractivity contribution in [1.29, 1.82) is 0 Å². The van der Waals surface area contributed by atoms with Crippen LogP contribution in [-0.4, -0.2) is 0 Å². The van der Waals surface area contributed by atoms with Gasteiger partial charge >= 0.3 is 0 Å². The van der Waals surface area contributed by atoms with Crippen LogP contribution in [0.4, 0.5) is 0 Å². The summed E-state index contributed by atoms with van der Waals surface area (Å²) in [6.45, 7) is 4.57. The Balaban J connectivity index is 2.14. The van der Waals surface area contributed by atoms with Crippen LogP contribution >= 0.6 is 0 Å². The summed E-state index contributed by atoms with van der Waals surface area (Å²) >= 11 is 0. The maximum atomic E-state index is 2.48. The molecule has 0 heterocycles. The van der Waals surface area contributed by atoms with E-state index in [9.17, 15) is 0 Å². The fourth-order valence-corrected chi connectivity index (χ4v) is 2.77. The van der Waals surface area contributed by atoms with Crippen molar-refractivity contribution in [2.75, 3.05) is 0 Å². The first-order valence-corrected chi connectivity index (χ1v) is 6.68. The van der Waals surface area contributed by atoms with E-state index in [1.807, 2.05) is 0 Å². The third-order valence-electron chi connectivity index (χ3n) is 3.65. The van der Waals surface area contributed by atoms with Crippen LogP contribution in [0.5, 0.6) is 0 Å².